The van der Waals surface area contributed by atoms with E-state index in [1.54, 1.807) is 36.4 Å². The van der Waals surface area contributed by atoms with Gasteiger partial charge < -0.3 is 0 Å². The van der Waals surface area contributed by atoms with Gasteiger partial charge in [0.15, 0.2) is 0 Å². The Labute approximate surface area is 218 Å². The van der Waals surface area contributed by atoms with Crippen molar-refractivity contribution in [2.75, 3.05) is 0 Å². The van der Waals surface area contributed by atoms with Crippen LogP contribution < -0.4 is 5.32 Å². The molecular weight excluding hydrogens is 563 g/mol. The first kappa shape index (κ1) is 26.3. The molecule has 1 unspecified atom stereocenters. The van der Waals surface area contributed by atoms with Gasteiger partial charge in [0.25, 0.3) is 0 Å². The topological polar surface area (TPSA) is 24.9 Å². The molecule has 0 spiro atoms. The highest BCUT2D eigenvalue weighted by Crippen LogP contribution is 2.38. The van der Waals surface area contributed by atoms with E-state index >= 15 is 0 Å². The number of pyridine rings is 1. The minimum atomic E-state index is -4.76. The zero-order chi connectivity index (χ0) is 25.9. The first-order valence-corrected chi connectivity index (χ1v) is 12.0. The molecule has 0 saturated carbocycles. The predicted octanol–water partition coefficient (Wildman–Crippen LogP) is 8.07. The average molecular weight is 582 g/mol. The lowest BCUT2D eigenvalue weighted by molar-refractivity contribution is -0.137. The Hall–Kier alpha value is -2.81. The van der Waals surface area contributed by atoms with E-state index in [0.29, 0.717) is 22.3 Å². The molecular formula is C27H19BrClF5N2. The molecule has 186 valence electrons. The lowest BCUT2D eigenvalue weighted by Crippen LogP contribution is -2.46. The van der Waals surface area contributed by atoms with E-state index in [2.05, 4.69) is 26.2 Å². The van der Waals surface area contributed by atoms with Crippen LogP contribution in [0.1, 0.15) is 27.9 Å². The predicted molar refractivity (Wildman–Crippen MR) is 133 cm³/mol. The van der Waals surface area contributed by atoms with Crippen molar-refractivity contribution in [1.29, 1.82) is 0 Å². The van der Waals surface area contributed by atoms with Gasteiger partial charge in [-0.05, 0) is 75.1 Å². The van der Waals surface area contributed by atoms with E-state index in [1.165, 1.54) is 12.3 Å². The zero-order valence-electron chi connectivity index (χ0n) is 18.6. The molecule has 4 aromatic rings. The largest absolute Gasteiger partial charge is 0.416 e. The van der Waals surface area contributed by atoms with E-state index < -0.39 is 28.9 Å². The fourth-order valence-corrected chi connectivity index (χ4v) is 4.57. The fraction of sp³-hybridized carbons (Fsp3) is 0.148. The summed E-state index contributed by atoms with van der Waals surface area (Å²) in [6.07, 6.45) is -3.23. The van der Waals surface area contributed by atoms with Crippen LogP contribution in [0.25, 0.3) is 0 Å². The number of aromatic nitrogens is 1. The number of hydrogen-bond donors (Lipinski definition) is 1. The van der Waals surface area contributed by atoms with Gasteiger partial charge in [0, 0.05) is 19.2 Å². The second-order valence-corrected chi connectivity index (χ2v) is 9.55. The van der Waals surface area contributed by atoms with Crippen molar-refractivity contribution >= 4 is 27.5 Å². The van der Waals surface area contributed by atoms with Crippen LogP contribution in [-0.2, 0) is 24.7 Å². The molecule has 0 aliphatic carbocycles. The minimum absolute atomic E-state index is 0.0367. The highest BCUT2D eigenvalue weighted by Gasteiger charge is 2.39. The van der Waals surface area contributed by atoms with Gasteiger partial charge in [-0.25, -0.2) is 8.78 Å². The Morgan fingerprint density at radius 2 is 1.56 bits per heavy atom. The molecule has 4 rings (SSSR count). The molecule has 1 aromatic heterocycles. The molecule has 9 heteroatoms. The Balaban J connectivity index is 1.92. The second-order valence-electron chi connectivity index (χ2n) is 8.26. The van der Waals surface area contributed by atoms with Crippen molar-refractivity contribution in [2.24, 2.45) is 0 Å². The van der Waals surface area contributed by atoms with Crippen LogP contribution in [-0.4, -0.2) is 4.98 Å². The number of rotatable bonds is 7. The lowest BCUT2D eigenvalue weighted by atomic mass is 9.79. The second kappa shape index (κ2) is 10.7. The van der Waals surface area contributed by atoms with Crippen molar-refractivity contribution in [1.82, 2.24) is 10.3 Å². The Kier molecular flexibility index (Phi) is 7.78. The summed E-state index contributed by atoms with van der Waals surface area (Å²) in [4.78, 5) is 4.42. The zero-order valence-corrected chi connectivity index (χ0v) is 20.9. The highest BCUT2D eigenvalue weighted by molar-refractivity contribution is 9.10. The van der Waals surface area contributed by atoms with Crippen LogP contribution >= 0.6 is 27.5 Å². The van der Waals surface area contributed by atoms with E-state index in [-0.39, 0.29) is 23.0 Å². The number of hydrogen-bond acceptors (Lipinski definition) is 2. The molecule has 0 saturated heterocycles. The summed E-state index contributed by atoms with van der Waals surface area (Å²) >= 11 is 9.21. The Bertz CT molecular complexity index is 1350. The van der Waals surface area contributed by atoms with Crippen LogP contribution in [0.2, 0.25) is 5.02 Å². The van der Waals surface area contributed by atoms with Gasteiger partial charge in [-0.2, -0.15) is 13.2 Å². The molecule has 0 aliphatic heterocycles. The third-order valence-electron chi connectivity index (χ3n) is 5.77. The normalized spacial score (nSPS) is 13.4. The number of alkyl halides is 3. The van der Waals surface area contributed by atoms with Gasteiger partial charge in [0.1, 0.15) is 11.6 Å². The van der Waals surface area contributed by atoms with Gasteiger partial charge in [-0.3, -0.25) is 10.3 Å². The molecule has 0 bridgehead atoms. The van der Waals surface area contributed by atoms with Crippen molar-refractivity contribution < 1.29 is 22.0 Å². The molecule has 1 heterocycles. The molecule has 36 heavy (non-hydrogen) atoms. The van der Waals surface area contributed by atoms with Crippen molar-refractivity contribution in [3.63, 3.8) is 0 Å². The van der Waals surface area contributed by atoms with E-state index in [4.69, 9.17) is 11.6 Å². The SMILES string of the molecule is Fc1cc(C(F)(F)F)cc(C(Cc2ccccc2)(NCc2ccc(F)c(Br)c2)c2ccc(Cl)cn2)c1. The minimum Gasteiger partial charge on any atom is -0.298 e. The summed E-state index contributed by atoms with van der Waals surface area (Å²) in [7, 11) is 0. The van der Waals surface area contributed by atoms with Gasteiger partial charge in [-0.15, -0.1) is 0 Å². The molecule has 0 radical (unpaired) electrons. The summed E-state index contributed by atoms with van der Waals surface area (Å²) in [5.74, 6) is -1.48. The lowest BCUT2D eigenvalue weighted by Gasteiger charge is -2.36. The maximum Gasteiger partial charge on any atom is 0.416 e. The van der Waals surface area contributed by atoms with Crippen molar-refractivity contribution in [3.8, 4) is 0 Å². The van der Waals surface area contributed by atoms with Gasteiger partial charge in [0.05, 0.1) is 26.3 Å². The van der Waals surface area contributed by atoms with Gasteiger partial charge in [0.2, 0.25) is 0 Å². The van der Waals surface area contributed by atoms with Crippen LogP contribution in [0.15, 0.2) is 89.5 Å². The van der Waals surface area contributed by atoms with E-state index in [0.717, 1.165) is 17.7 Å². The maximum atomic E-state index is 14.7. The van der Waals surface area contributed by atoms with Crippen molar-refractivity contribution in [3.05, 3.63) is 134 Å². The number of nitrogens with zero attached hydrogens (tertiary/aromatic N) is 1. The molecule has 1 atom stereocenters. The molecule has 1 N–H and O–H groups in total. The first-order chi connectivity index (χ1) is 17.1. The Morgan fingerprint density at radius 1 is 0.833 bits per heavy atom. The van der Waals surface area contributed by atoms with Gasteiger partial charge >= 0.3 is 6.18 Å². The molecule has 0 aliphatic rings. The number of nitrogens with one attached hydrogen (secondary N) is 1. The summed E-state index contributed by atoms with van der Waals surface area (Å²) in [6, 6.07) is 19.1. The smallest absolute Gasteiger partial charge is 0.298 e. The first-order valence-electron chi connectivity index (χ1n) is 10.8. The van der Waals surface area contributed by atoms with Crippen molar-refractivity contribution in [2.45, 2.75) is 24.7 Å². The maximum absolute atomic E-state index is 14.7. The Morgan fingerprint density at radius 3 is 2.19 bits per heavy atom. The standard InChI is InChI=1S/C27H19BrClF5N2/c28-23-10-18(6-8-24(23)31)15-36-26(14-17-4-2-1-3-5-17,25-9-7-21(29)16-35-25)19-11-20(27(32,33)34)13-22(30)12-19/h1-13,16,36H,14-15H2. The molecule has 3 aromatic carbocycles. The summed E-state index contributed by atoms with van der Waals surface area (Å²) < 4.78 is 69.8. The highest BCUT2D eigenvalue weighted by atomic mass is 79.9. The van der Waals surface area contributed by atoms with Gasteiger partial charge in [-0.1, -0.05) is 48.0 Å². The van der Waals surface area contributed by atoms with E-state index in [9.17, 15) is 22.0 Å². The monoisotopic (exact) mass is 580 g/mol. The average Bonchev–Trinajstić information content (AvgIpc) is 2.84. The summed E-state index contributed by atoms with van der Waals surface area (Å²) in [6.45, 7) is 0.119. The fourth-order valence-electron chi connectivity index (χ4n) is 4.03. The van der Waals surface area contributed by atoms with E-state index in [1.807, 2.05) is 18.2 Å². The third-order valence-corrected chi connectivity index (χ3v) is 6.60. The molecule has 2 nitrogen and oxygen atoms in total. The third kappa shape index (κ3) is 5.94. The van der Waals surface area contributed by atoms with Crippen LogP contribution in [0.3, 0.4) is 0 Å². The van der Waals surface area contributed by atoms with Crippen LogP contribution in [0.5, 0.6) is 0 Å². The number of halogens is 7. The molecule has 0 fully saturated rings. The molecule has 0 amide bonds. The summed E-state index contributed by atoms with van der Waals surface area (Å²) in [5, 5.41) is 3.66. The van der Waals surface area contributed by atoms with Crippen LogP contribution in [0, 0.1) is 11.6 Å². The quantitative estimate of drug-likeness (QED) is 0.223. The van der Waals surface area contributed by atoms with Crippen LogP contribution in [0.4, 0.5) is 22.0 Å². The summed E-state index contributed by atoms with van der Waals surface area (Å²) in [5.41, 5.74) is -0.697. The number of benzene rings is 3.